The van der Waals surface area contributed by atoms with E-state index in [4.69, 9.17) is 5.10 Å². The third-order valence-corrected chi connectivity index (χ3v) is 4.06. The summed E-state index contributed by atoms with van der Waals surface area (Å²) in [5.41, 5.74) is 5.47. The van der Waals surface area contributed by atoms with E-state index < -0.39 is 0 Å². The molecule has 0 radical (unpaired) electrons. The molecule has 1 N–H and O–H groups in total. The Bertz CT molecular complexity index is 620. The Morgan fingerprint density at radius 2 is 1.95 bits per heavy atom. The van der Waals surface area contributed by atoms with E-state index in [2.05, 4.69) is 56.6 Å². The highest BCUT2D eigenvalue weighted by atomic mass is 15.3. The fourth-order valence-electron chi connectivity index (χ4n) is 2.92. The highest BCUT2D eigenvalue weighted by Gasteiger charge is 2.15. The van der Waals surface area contributed by atoms with Gasteiger partial charge < -0.3 is 5.32 Å². The summed E-state index contributed by atoms with van der Waals surface area (Å²) in [5.74, 6) is 0. The molecule has 1 heterocycles. The number of aryl methyl sites for hydroxylation is 1. The van der Waals surface area contributed by atoms with Gasteiger partial charge in [-0.25, -0.2) is 4.68 Å². The van der Waals surface area contributed by atoms with E-state index in [1.807, 2.05) is 4.68 Å². The molecular formula is C18H25N3. The van der Waals surface area contributed by atoms with E-state index in [0.717, 1.165) is 12.2 Å². The summed E-state index contributed by atoms with van der Waals surface area (Å²) in [6.07, 6.45) is 7.09. The summed E-state index contributed by atoms with van der Waals surface area (Å²) in [4.78, 5) is 0. The van der Waals surface area contributed by atoms with Crippen LogP contribution in [-0.4, -0.2) is 15.3 Å². The molecule has 1 aliphatic carbocycles. The van der Waals surface area contributed by atoms with Crippen molar-refractivity contribution in [3.8, 4) is 5.69 Å². The average Bonchev–Trinajstić information content (AvgIpc) is 2.92. The van der Waals surface area contributed by atoms with Gasteiger partial charge in [0.1, 0.15) is 0 Å². The first kappa shape index (κ1) is 14.3. The maximum atomic E-state index is 4.75. The van der Waals surface area contributed by atoms with Gasteiger partial charge in [0.2, 0.25) is 0 Å². The number of fused-ring (bicyclic) bond motifs is 1. The molecule has 0 saturated carbocycles. The van der Waals surface area contributed by atoms with Gasteiger partial charge >= 0.3 is 0 Å². The number of benzene rings is 1. The van der Waals surface area contributed by atoms with E-state index in [-0.39, 0.29) is 5.54 Å². The lowest BCUT2D eigenvalue weighted by molar-refractivity contribution is 0.420. The van der Waals surface area contributed by atoms with Crippen molar-refractivity contribution in [1.82, 2.24) is 15.1 Å². The Balaban J connectivity index is 1.83. The molecule has 0 fully saturated rings. The molecule has 0 spiro atoms. The standard InChI is InChI=1S/C18H25N3/c1-18(2,3)19-13-15-11-12-21(20-15)17-10-6-8-14-7-4-5-9-16(14)17/h6,8,10-12,19H,4-5,7,9,13H2,1-3H3. The summed E-state index contributed by atoms with van der Waals surface area (Å²) in [6, 6.07) is 8.73. The Labute approximate surface area is 127 Å². The van der Waals surface area contributed by atoms with Crippen LogP contribution in [0.3, 0.4) is 0 Å². The zero-order valence-corrected chi connectivity index (χ0v) is 13.3. The van der Waals surface area contributed by atoms with Crippen LogP contribution in [0, 0.1) is 0 Å². The van der Waals surface area contributed by atoms with E-state index >= 15 is 0 Å². The number of nitrogens with one attached hydrogen (secondary N) is 1. The molecule has 1 aliphatic rings. The Hall–Kier alpha value is -1.61. The molecule has 3 rings (SSSR count). The van der Waals surface area contributed by atoms with Gasteiger partial charge in [0.15, 0.2) is 0 Å². The van der Waals surface area contributed by atoms with Crippen molar-refractivity contribution in [1.29, 1.82) is 0 Å². The lowest BCUT2D eigenvalue weighted by Gasteiger charge is -2.20. The van der Waals surface area contributed by atoms with Crippen molar-refractivity contribution in [2.45, 2.75) is 58.5 Å². The van der Waals surface area contributed by atoms with Crippen molar-refractivity contribution < 1.29 is 0 Å². The van der Waals surface area contributed by atoms with Gasteiger partial charge in [0.05, 0.1) is 11.4 Å². The molecule has 3 heteroatoms. The minimum Gasteiger partial charge on any atom is -0.306 e. The first-order valence-corrected chi connectivity index (χ1v) is 7.94. The second kappa shape index (κ2) is 5.64. The molecule has 0 aliphatic heterocycles. The molecule has 21 heavy (non-hydrogen) atoms. The Morgan fingerprint density at radius 3 is 2.76 bits per heavy atom. The first-order valence-electron chi connectivity index (χ1n) is 7.94. The van der Waals surface area contributed by atoms with Crippen molar-refractivity contribution in [3.05, 3.63) is 47.3 Å². The van der Waals surface area contributed by atoms with Crippen molar-refractivity contribution in [2.75, 3.05) is 0 Å². The maximum Gasteiger partial charge on any atom is 0.0767 e. The van der Waals surface area contributed by atoms with E-state index in [1.54, 1.807) is 0 Å². The van der Waals surface area contributed by atoms with Crippen molar-refractivity contribution >= 4 is 0 Å². The summed E-state index contributed by atoms with van der Waals surface area (Å²) in [7, 11) is 0. The quantitative estimate of drug-likeness (QED) is 0.932. The van der Waals surface area contributed by atoms with Gasteiger partial charge in [-0.1, -0.05) is 12.1 Å². The normalized spacial score (nSPS) is 15.0. The minimum absolute atomic E-state index is 0.121. The molecule has 3 nitrogen and oxygen atoms in total. The van der Waals surface area contributed by atoms with Crippen LogP contribution in [0.4, 0.5) is 0 Å². The largest absolute Gasteiger partial charge is 0.306 e. The van der Waals surface area contributed by atoms with Gasteiger partial charge in [-0.3, -0.25) is 0 Å². The van der Waals surface area contributed by atoms with Crippen LogP contribution >= 0.6 is 0 Å². The topological polar surface area (TPSA) is 29.9 Å². The summed E-state index contributed by atoms with van der Waals surface area (Å²) < 4.78 is 2.05. The van der Waals surface area contributed by atoms with Crippen LogP contribution in [0.1, 0.15) is 50.4 Å². The molecule has 0 bridgehead atoms. The monoisotopic (exact) mass is 283 g/mol. The average molecular weight is 283 g/mol. The molecule has 0 atom stereocenters. The number of aromatic nitrogens is 2. The van der Waals surface area contributed by atoms with Gasteiger partial charge in [-0.2, -0.15) is 5.10 Å². The van der Waals surface area contributed by atoms with Crippen LogP contribution in [-0.2, 0) is 19.4 Å². The molecule has 112 valence electrons. The second-order valence-corrected chi connectivity index (χ2v) is 6.98. The van der Waals surface area contributed by atoms with Gasteiger partial charge in [0.25, 0.3) is 0 Å². The third kappa shape index (κ3) is 3.35. The van der Waals surface area contributed by atoms with E-state index in [9.17, 15) is 0 Å². The Kier molecular flexibility index (Phi) is 3.85. The highest BCUT2D eigenvalue weighted by molar-refractivity contribution is 5.46. The number of rotatable bonds is 3. The summed E-state index contributed by atoms with van der Waals surface area (Å²) in [5, 5.41) is 8.24. The smallest absolute Gasteiger partial charge is 0.0767 e. The van der Waals surface area contributed by atoms with E-state index in [1.165, 1.54) is 42.5 Å². The molecule has 2 aromatic rings. The predicted octanol–water partition coefficient (Wildman–Crippen LogP) is 3.64. The first-order chi connectivity index (χ1) is 10.0. The maximum absolute atomic E-state index is 4.75. The van der Waals surface area contributed by atoms with Crippen LogP contribution < -0.4 is 5.32 Å². The van der Waals surface area contributed by atoms with Crippen LogP contribution in [0.25, 0.3) is 5.69 Å². The fourth-order valence-corrected chi connectivity index (χ4v) is 2.92. The summed E-state index contributed by atoms with van der Waals surface area (Å²) in [6.45, 7) is 7.35. The van der Waals surface area contributed by atoms with Crippen LogP contribution in [0.15, 0.2) is 30.5 Å². The molecule has 1 aromatic heterocycles. The third-order valence-electron chi connectivity index (χ3n) is 4.06. The molecule has 0 unspecified atom stereocenters. The van der Waals surface area contributed by atoms with Gasteiger partial charge in [-0.15, -0.1) is 0 Å². The molecular weight excluding hydrogens is 258 g/mol. The van der Waals surface area contributed by atoms with E-state index in [0.29, 0.717) is 0 Å². The van der Waals surface area contributed by atoms with Crippen molar-refractivity contribution in [3.63, 3.8) is 0 Å². The number of hydrogen-bond acceptors (Lipinski definition) is 2. The number of hydrogen-bond donors (Lipinski definition) is 1. The lowest BCUT2D eigenvalue weighted by atomic mass is 9.90. The van der Waals surface area contributed by atoms with Crippen LogP contribution in [0.5, 0.6) is 0 Å². The van der Waals surface area contributed by atoms with Gasteiger partial charge in [0, 0.05) is 18.3 Å². The molecule has 1 aromatic carbocycles. The molecule has 0 saturated heterocycles. The Morgan fingerprint density at radius 1 is 1.14 bits per heavy atom. The summed E-state index contributed by atoms with van der Waals surface area (Å²) >= 11 is 0. The number of nitrogens with zero attached hydrogens (tertiary/aromatic N) is 2. The van der Waals surface area contributed by atoms with Crippen molar-refractivity contribution in [2.24, 2.45) is 0 Å². The zero-order chi connectivity index (χ0) is 14.9. The second-order valence-electron chi connectivity index (χ2n) is 6.98. The zero-order valence-electron chi connectivity index (χ0n) is 13.3. The predicted molar refractivity (Wildman–Crippen MR) is 86.8 cm³/mol. The lowest BCUT2D eigenvalue weighted by Crippen LogP contribution is -2.35. The fraction of sp³-hybridized carbons (Fsp3) is 0.500. The van der Waals surface area contributed by atoms with Gasteiger partial charge in [-0.05, 0) is 69.7 Å². The van der Waals surface area contributed by atoms with Crippen LogP contribution in [0.2, 0.25) is 0 Å². The molecule has 0 amide bonds. The SMILES string of the molecule is CC(C)(C)NCc1ccn(-c2cccc3c2CCCC3)n1. The minimum atomic E-state index is 0.121. The highest BCUT2D eigenvalue weighted by Crippen LogP contribution is 2.26.